The smallest absolute Gasteiger partial charge is 0.248 e. The van der Waals surface area contributed by atoms with E-state index in [0.29, 0.717) is 12.7 Å². The SMILES string of the molecule is CCOc1ccc(/C=C/C(=O)Nc2ccc(F)cc2F)cc1. The highest BCUT2D eigenvalue weighted by molar-refractivity contribution is 6.01. The number of rotatable bonds is 5. The molecule has 3 nitrogen and oxygen atoms in total. The summed E-state index contributed by atoms with van der Waals surface area (Å²) in [5.74, 6) is -1.26. The first-order valence-corrected chi connectivity index (χ1v) is 6.75. The molecule has 1 amide bonds. The zero-order chi connectivity index (χ0) is 15.9. The first-order valence-electron chi connectivity index (χ1n) is 6.75. The van der Waals surface area contributed by atoms with Gasteiger partial charge in [-0.25, -0.2) is 8.78 Å². The molecule has 0 radical (unpaired) electrons. The van der Waals surface area contributed by atoms with Crippen LogP contribution in [0.4, 0.5) is 14.5 Å². The normalized spacial score (nSPS) is 10.7. The van der Waals surface area contributed by atoms with Gasteiger partial charge in [-0.05, 0) is 42.8 Å². The van der Waals surface area contributed by atoms with Gasteiger partial charge < -0.3 is 10.1 Å². The highest BCUT2D eigenvalue weighted by Crippen LogP contribution is 2.16. The van der Waals surface area contributed by atoms with Gasteiger partial charge >= 0.3 is 0 Å². The molecule has 2 aromatic rings. The van der Waals surface area contributed by atoms with Crippen LogP contribution in [0.15, 0.2) is 48.5 Å². The Kier molecular flexibility index (Phi) is 5.25. The van der Waals surface area contributed by atoms with Crippen LogP contribution in [0.5, 0.6) is 5.75 Å². The molecule has 0 spiro atoms. The lowest BCUT2D eigenvalue weighted by atomic mass is 10.2. The number of ether oxygens (including phenoxy) is 1. The summed E-state index contributed by atoms with van der Waals surface area (Å²) in [5, 5.41) is 2.35. The number of carbonyl (C=O) groups is 1. The molecular weight excluding hydrogens is 288 g/mol. The van der Waals surface area contributed by atoms with Crippen LogP contribution >= 0.6 is 0 Å². The van der Waals surface area contributed by atoms with Gasteiger partial charge in [0.15, 0.2) is 0 Å². The van der Waals surface area contributed by atoms with Gasteiger partial charge in [0, 0.05) is 12.1 Å². The summed E-state index contributed by atoms with van der Waals surface area (Å²) in [6.07, 6.45) is 2.87. The molecule has 0 saturated heterocycles. The second kappa shape index (κ2) is 7.36. The van der Waals surface area contributed by atoms with Crippen molar-refractivity contribution in [2.24, 2.45) is 0 Å². The fourth-order valence-corrected chi connectivity index (χ4v) is 1.78. The summed E-state index contributed by atoms with van der Waals surface area (Å²) in [7, 11) is 0. The van der Waals surface area contributed by atoms with Gasteiger partial charge in [-0.3, -0.25) is 4.79 Å². The van der Waals surface area contributed by atoms with E-state index in [1.54, 1.807) is 30.3 Å². The van der Waals surface area contributed by atoms with E-state index >= 15 is 0 Å². The third-order valence-electron chi connectivity index (χ3n) is 2.81. The molecule has 0 heterocycles. The standard InChI is InChI=1S/C17H15F2NO2/c1-2-22-14-7-3-12(4-8-14)5-10-17(21)20-16-9-6-13(18)11-15(16)19/h3-11H,2H2,1H3,(H,20,21)/b10-5+. The Balaban J connectivity index is 1.98. The van der Waals surface area contributed by atoms with Gasteiger partial charge in [-0.1, -0.05) is 12.1 Å². The average molecular weight is 303 g/mol. The van der Waals surface area contributed by atoms with Gasteiger partial charge in [0.25, 0.3) is 0 Å². The maximum absolute atomic E-state index is 13.4. The molecular formula is C17H15F2NO2. The molecule has 114 valence electrons. The van der Waals surface area contributed by atoms with Crippen molar-refractivity contribution in [1.29, 1.82) is 0 Å². The minimum Gasteiger partial charge on any atom is -0.494 e. The molecule has 22 heavy (non-hydrogen) atoms. The zero-order valence-corrected chi connectivity index (χ0v) is 12.0. The monoisotopic (exact) mass is 303 g/mol. The third-order valence-corrected chi connectivity index (χ3v) is 2.81. The van der Waals surface area contributed by atoms with Gasteiger partial charge in [0.2, 0.25) is 5.91 Å². The number of hydrogen-bond donors (Lipinski definition) is 1. The molecule has 5 heteroatoms. The minimum absolute atomic E-state index is 0.0669. The van der Waals surface area contributed by atoms with E-state index in [9.17, 15) is 13.6 Å². The van der Waals surface area contributed by atoms with Crippen LogP contribution in [0.25, 0.3) is 6.08 Å². The van der Waals surface area contributed by atoms with Gasteiger partial charge in [-0.15, -0.1) is 0 Å². The van der Waals surface area contributed by atoms with Crippen molar-refractivity contribution in [3.63, 3.8) is 0 Å². The van der Waals surface area contributed by atoms with Crippen LogP contribution in [0.3, 0.4) is 0 Å². The van der Waals surface area contributed by atoms with Crippen molar-refractivity contribution < 1.29 is 18.3 Å². The summed E-state index contributed by atoms with van der Waals surface area (Å²) in [5.41, 5.74) is 0.737. The predicted octanol–water partition coefficient (Wildman–Crippen LogP) is 4.02. The molecule has 0 atom stereocenters. The van der Waals surface area contributed by atoms with E-state index < -0.39 is 17.5 Å². The molecule has 2 rings (SSSR count). The molecule has 0 saturated carbocycles. The second-order valence-corrected chi connectivity index (χ2v) is 4.45. The maximum atomic E-state index is 13.4. The summed E-state index contributed by atoms with van der Waals surface area (Å²) < 4.78 is 31.5. The van der Waals surface area contributed by atoms with Gasteiger partial charge in [0.05, 0.1) is 12.3 Å². The van der Waals surface area contributed by atoms with Crippen LogP contribution in [0, 0.1) is 11.6 Å². The number of anilines is 1. The molecule has 2 aromatic carbocycles. The number of amides is 1. The Bertz CT molecular complexity index is 682. The first kappa shape index (κ1) is 15.7. The topological polar surface area (TPSA) is 38.3 Å². The number of halogens is 2. The lowest BCUT2D eigenvalue weighted by Crippen LogP contribution is -2.09. The quantitative estimate of drug-likeness (QED) is 0.847. The first-order chi connectivity index (χ1) is 10.6. The van der Waals surface area contributed by atoms with Gasteiger partial charge in [-0.2, -0.15) is 0 Å². The molecule has 0 unspecified atom stereocenters. The van der Waals surface area contributed by atoms with E-state index in [1.165, 1.54) is 12.1 Å². The fraction of sp³-hybridized carbons (Fsp3) is 0.118. The van der Waals surface area contributed by atoms with Crippen molar-refractivity contribution >= 4 is 17.7 Å². The van der Waals surface area contributed by atoms with E-state index in [4.69, 9.17) is 4.74 Å². The summed E-state index contributed by atoms with van der Waals surface area (Å²) in [6, 6.07) is 10.1. The molecule has 1 N–H and O–H groups in total. The van der Waals surface area contributed by atoms with Crippen molar-refractivity contribution in [2.45, 2.75) is 6.92 Å². The summed E-state index contributed by atoms with van der Waals surface area (Å²) in [6.45, 7) is 2.48. The summed E-state index contributed by atoms with van der Waals surface area (Å²) >= 11 is 0. The molecule has 0 bridgehead atoms. The highest BCUT2D eigenvalue weighted by atomic mass is 19.1. The van der Waals surface area contributed by atoms with Crippen LogP contribution < -0.4 is 10.1 Å². The number of benzene rings is 2. The molecule has 0 aliphatic carbocycles. The molecule has 0 aromatic heterocycles. The van der Waals surface area contributed by atoms with Crippen molar-refractivity contribution in [2.75, 3.05) is 11.9 Å². The van der Waals surface area contributed by atoms with Crippen molar-refractivity contribution in [3.05, 3.63) is 65.7 Å². The number of hydrogen-bond acceptors (Lipinski definition) is 2. The Hall–Kier alpha value is -2.69. The highest BCUT2D eigenvalue weighted by Gasteiger charge is 2.05. The lowest BCUT2D eigenvalue weighted by molar-refractivity contribution is -0.111. The van der Waals surface area contributed by atoms with E-state index in [-0.39, 0.29) is 5.69 Å². The van der Waals surface area contributed by atoms with E-state index in [1.807, 2.05) is 6.92 Å². The second-order valence-electron chi connectivity index (χ2n) is 4.45. The van der Waals surface area contributed by atoms with Crippen LogP contribution in [0.1, 0.15) is 12.5 Å². The van der Waals surface area contributed by atoms with Crippen molar-refractivity contribution in [1.82, 2.24) is 0 Å². The van der Waals surface area contributed by atoms with Crippen molar-refractivity contribution in [3.8, 4) is 5.75 Å². The fourth-order valence-electron chi connectivity index (χ4n) is 1.78. The van der Waals surface area contributed by atoms with Crippen LogP contribution in [-0.2, 0) is 4.79 Å². The van der Waals surface area contributed by atoms with Gasteiger partial charge in [0.1, 0.15) is 17.4 Å². The van der Waals surface area contributed by atoms with E-state index in [2.05, 4.69) is 5.32 Å². The number of nitrogens with one attached hydrogen (secondary N) is 1. The predicted molar refractivity (Wildman–Crippen MR) is 81.6 cm³/mol. The lowest BCUT2D eigenvalue weighted by Gasteiger charge is -2.04. The third kappa shape index (κ3) is 4.41. The Labute approximate surface area is 127 Å². The van der Waals surface area contributed by atoms with Crippen LogP contribution in [0.2, 0.25) is 0 Å². The molecule has 0 aliphatic heterocycles. The zero-order valence-electron chi connectivity index (χ0n) is 12.0. The maximum Gasteiger partial charge on any atom is 0.248 e. The van der Waals surface area contributed by atoms with Crippen LogP contribution in [-0.4, -0.2) is 12.5 Å². The Morgan fingerprint density at radius 3 is 2.55 bits per heavy atom. The minimum atomic E-state index is -0.817. The Morgan fingerprint density at radius 1 is 1.18 bits per heavy atom. The number of carbonyl (C=O) groups excluding carboxylic acids is 1. The molecule has 0 aliphatic rings. The Morgan fingerprint density at radius 2 is 1.91 bits per heavy atom. The summed E-state index contributed by atoms with van der Waals surface area (Å²) in [4.78, 5) is 11.7. The largest absolute Gasteiger partial charge is 0.494 e. The molecule has 0 fully saturated rings. The van der Waals surface area contributed by atoms with E-state index in [0.717, 1.165) is 17.4 Å². The average Bonchev–Trinajstić information content (AvgIpc) is 2.50.